The molecule has 0 aromatic carbocycles. The molecule has 0 bridgehead atoms. The Morgan fingerprint density at radius 1 is 1.26 bits per heavy atom. The summed E-state index contributed by atoms with van der Waals surface area (Å²) in [6.45, 7) is 6.89. The van der Waals surface area contributed by atoms with Gasteiger partial charge in [-0.3, -0.25) is 9.80 Å². The quantitative estimate of drug-likeness (QED) is 0.781. The first-order valence-electron chi connectivity index (χ1n) is 10.4. The number of hydrogen-bond acceptors (Lipinski definition) is 6. The zero-order chi connectivity index (χ0) is 18.4. The summed E-state index contributed by atoms with van der Waals surface area (Å²) in [7, 11) is 2.24. The van der Waals surface area contributed by atoms with Crippen molar-refractivity contribution >= 4 is 11.3 Å². The second-order valence-electron chi connectivity index (χ2n) is 9.04. The van der Waals surface area contributed by atoms with Crippen LogP contribution in [0.4, 0.5) is 0 Å². The van der Waals surface area contributed by atoms with Crippen LogP contribution in [-0.4, -0.2) is 46.6 Å². The fraction of sp³-hybridized carbons (Fsp3) is 0.714. The van der Waals surface area contributed by atoms with E-state index in [4.69, 9.17) is 9.51 Å². The molecule has 1 atom stereocenters. The maximum atomic E-state index is 5.60. The zero-order valence-electron chi connectivity index (χ0n) is 16.5. The highest BCUT2D eigenvalue weighted by atomic mass is 32.1. The fourth-order valence-electron chi connectivity index (χ4n) is 5.10. The molecule has 4 heterocycles. The number of nitrogens with zero attached hydrogens (tertiary/aromatic N) is 4. The summed E-state index contributed by atoms with van der Waals surface area (Å²) in [6, 6.07) is 4.86. The van der Waals surface area contributed by atoms with Gasteiger partial charge in [0.25, 0.3) is 0 Å². The summed E-state index contributed by atoms with van der Waals surface area (Å²) in [6.07, 6.45) is 7.48. The topological polar surface area (TPSA) is 45.4 Å². The summed E-state index contributed by atoms with van der Waals surface area (Å²) in [5, 5.41) is 4.37. The Bertz CT molecular complexity index is 788. The van der Waals surface area contributed by atoms with Crippen molar-refractivity contribution in [3.05, 3.63) is 33.6 Å². The predicted octanol–water partition coefficient (Wildman–Crippen LogP) is 4.37. The minimum absolute atomic E-state index is 0.328. The van der Waals surface area contributed by atoms with Crippen LogP contribution in [0.1, 0.15) is 72.0 Å². The second kappa shape index (κ2) is 6.98. The maximum Gasteiger partial charge on any atom is 0.229 e. The second-order valence-corrected chi connectivity index (χ2v) is 10.4. The normalized spacial score (nSPS) is 26.7. The lowest BCUT2D eigenvalue weighted by atomic mass is 9.76. The van der Waals surface area contributed by atoms with Crippen LogP contribution in [0.15, 0.2) is 16.7 Å². The van der Waals surface area contributed by atoms with E-state index in [-0.39, 0.29) is 0 Å². The van der Waals surface area contributed by atoms with Gasteiger partial charge in [-0.05, 0) is 76.7 Å². The van der Waals surface area contributed by atoms with Crippen molar-refractivity contribution < 1.29 is 4.52 Å². The number of aryl methyl sites for hydroxylation is 1. The van der Waals surface area contributed by atoms with Crippen LogP contribution >= 0.6 is 11.3 Å². The third-order valence-electron chi connectivity index (χ3n) is 7.05. The van der Waals surface area contributed by atoms with E-state index >= 15 is 0 Å². The minimum Gasteiger partial charge on any atom is -0.339 e. The molecule has 2 aromatic heterocycles. The molecule has 146 valence electrons. The predicted molar refractivity (Wildman–Crippen MR) is 107 cm³/mol. The average Bonchev–Trinajstić information content (AvgIpc) is 3.29. The Labute approximate surface area is 165 Å². The van der Waals surface area contributed by atoms with Gasteiger partial charge in [-0.25, -0.2) is 0 Å². The summed E-state index contributed by atoms with van der Waals surface area (Å²) in [5.74, 6) is 2.33. The molecule has 0 radical (unpaired) electrons. The summed E-state index contributed by atoms with van der Waals surface area (Å²) in [4.78, 5) is 12.8. The van der Waals surface area contributed by atoms with Crippen molar-refractivity contribution in [1.29, 1.82) is 0 Å². The Morgan fingerprint density at radius 2 is 2.07 bits per heavy atom. The van der Waals surface area contributed by atoms with Gasteiger partial charge < -0.3 is 4.52 Å². The van der Waals surface area contributed by atoms with Crippen LogP contribution in [0.5, 0.6) is 0 Å². The molecule has 27 heavy (non-hydrogen) atoms. The van der Waals surface area contributed by atoms with Crippen LogP contribution in [0.25, 0.3) is 0 Å². The van der Waals surface area contributed by atoms with Gasteiger partial charge in [0, 0.05) is 28.8 Å². The molecule has 3 fully saturated rings. The fourth-order valence-corrected chi connectivity index (χ4v) is 6.03. The minimum atomic E-state index is 0.328. The molecule has 2 aliphatic heterocycles. The third kappa shape index (κ3) is 3.47. The Hall–Kier alpha value is -1.24. The van der Waals surface area contributed by atoms with Crippen molar-refractivity contribution in [2.75, 3.05) is 26.7 Å². The van der Waals surface area contributed by atoms with Crippen LogP contribution in [0.3, 0.4) is 0 Å². The van der Waals surface area contributed by atoms with E-state index in [1.807, 2.05) is 11.3 Å². The van der Waals surface area contributed by atoms with E-state index in [1.54, 1.807) is 0 Å². The van der Waals surface area contributed by atoms with E-state index in [1.165, 1.54) is 61.4 Å². The van der Waals surface area contributed by atoms with Gasteiger partial charge in [-0.15, -0.1) is 11.3 Å². The van der Waals surface area contributed by atoms with Crippen LogP contribution in [0, 0.1) is 12.3 Å². The van der Waals surface area contributed by atoms with Gasteiger partial charge in [0.15, 0.2) is 5.82 Å². The lowest BCUT2D eigenvalue weighted by molar-refractivity contribution is 0.106. The van der Waals surface area contributed by atoms with Crippen LogP contribution < -0.4 is 0 Å². The van der Waals surface area contributed by atoms with Gasteiger partial charge in [0.1, 0.15) is 0 Å². The smallest absolute Gasteiger partial charge is 0.229 e. The molecular weight excluding hydrogens is 356 g/mol. The van der Waals surface area contributed by atoms with Crippen molar-refractivity contribution in [2.45, 2.75) is 64.0 Å². The van der Waals surface area contributed by atoms with E-state index < -0.39 is 0 Å². The van der Waals surface area contributed by atoms with E-state index in [0.717, 1.165) is 24.8 Å². The highest BCUT2D eigenvalue weighted by molar-refractivity contribution is 7.11. The van der Waals surface area contributed by atoms with E-state index in [0.29, 0.717) is 17.4 Å². The summed E-state index contributed by atoms with van der Waals surface area (Å²) < 4.78 is 5.60. The average molecular weight is 387 g/mol. The molecule has 1 spiro atoms. The van der Waals surface area contributed by atoms with Gasteiger partial charge in [0.2, 0.25) is 5.89 Å². The van der Waals surface area contributed by atoms with Crippen LogP contribution in [0.2, 0.25) is 0 Å². The molecule has 5 rings (SSSR count). The molecule has 2 saturated heterocycles. The molecule has 3 aliphatic rings. The number of piperidine rings is 1. The first kappa shape index (κ1) is 17.8. The first-order valence-corrected chi connectivity index (χ1v) is 11.2. The SMILES string of the molecule is Cc1ccc(CN2CCC3(CC2)CC(c2noc(C4CCC4)n2)N(C)C3)s1. The number of aromatic nitrogens is 2. The first-order chi connectivity index (χ1) is 13.1. The Morgan fingerprint density at radius 3 is 2.74 bits per heavy atom. The van der Waals surface area contributed by atoms with Crippen LogP contribution in [-0.2, 0) is 6.54 Å². The highest BCUT2D eigenvalue weighted by Gasteiger charge is 2.46. The monoisotopic (exact) mass is 386 g/mol. The zero-order valence-corrected chi connectivity index (χ0v) is 17.3. The molecule has 1 saturated carbocycles. The largest absolute Gasteiger partial charge is 0.339 e. The number of rotatable bonds is 4. The number of likely N-dealkylation sites (tertiary alicyclic amines) is 2. The third-order valence-corrected chi connectivity index (χ3v) is 8.03. The molecule has 1 aliphatic carbocycles. The molecule has 0 N–H and O–H groups in total. The number of thiophene rings is 1. The van der Waals surface area contributed by atoms with E-state index in [9.17, 15) is 0 Å². The molecule has 6 heteroatoms. The molecule has 0 amide bonds. The van der Waals surface area contributed by atoms with Crippen molar-refractivity contribution in [2.24, 2.45) is 5.41 Å². The van der Waals surface area contributed by atoms with Gasteiger partial charge >= 0.3 is 0 Å². The Kier molecular flexibility index (Phi) is 4.61. The Balaban J connectivity index is 1.21. The maximum absolute atomic E-state index is 5.60. The summed E-state index contributed by atoms with van der Waals surface area (Å²) in [5.41, 5.74) is 0.429. The molecular formula is C21H30N4OS. The molecule has 5 nitrogen and oxygen atoms in total. The van der Waals surface area contributed by atoms with Gasteiger partial charge in [0.05, 0.1) is 6.04 Å². The van der Waals surface area contributed by atoms with Crippen molar-refractivity contribution in [3.8, 4) is 0 Å². The lowest BCUT2D eigenvalue weighted by Crippen LogP contribution is -2.40. The van der Waals surface area contributed by atoms with Crippen molar-refractivity contribution in [1.82, 2.24) is 19.9 Å². The highest BCUT2D eigenvalue weighted by Crippen LogP contribution is 2.48. The number of hydrogen-bond donors (Lipinski definition) is 0. The van der Waals surface area contributed by atoms with Gasteiger partial charge in [-0.2, -0.15) is 4.98 Å². The standard InChI is InChI=1S/C21H30N4OS/c1-15-6-7-17(27-15)13-25-10-8-21(9-11-25)12-18(24(2)14-21)19-22-20(26-23-19)16-4-3-5-16/h6-7,16,18H,3-5,8-14H2,1-2H3. The van der Waals surface area contributed by atoms with Gasteiger partial charge in [-0.1, -0.05) is 11.6 Å². The van der Waals surface area contributed by atoms with Crippen molar-refractivity contribution in [3.63, 3.8) is 0 Å². The lowest BCUT2D eigenvalue weighted by Gasteiger charge is -2.39. The molecule has 1 unspecified atom stereocenters. The molecule has 2 aromatic rings. The summed E-state index contributed by atoms with van der Waals surface area (Å²) >= 11 is 1.94. The van der Waals surface area contributed by atoms with E-state index in [2.05, 4.69) is 41.1 Å².